The normalized spacial score (nSPS) is 11.2. The average Bonchev–Trinajstić information content (AvgIpc) is 2.54. The highest BCUT2D eigenvalue weighted by atomic mass is 16.6. The Morgan fingerprint density at radius 3 is 1.88 bits per heavy atom. The van der Waals surface area contributed by atoms with E-state index < -0.39 is 0 Å². The van der Waals surface area contributed by atoms with E-state index in [4.69, 9.17) is 9.47 Å². The molecule has 1 rings (SSSR count). The van der Waals surface area contributed by atoms with E-state index in [-0.39, 0.29) is 17.4 Å². The summed E-state index contributed by atoms with van der Waals surface area (Å²) in [6, 6.07) is 6.82. The van der Waals surface area contributed by atoms with Gasteiger partial charge in [-0.25, -0.2) is 0 Å². The number of unbranched alkanes of at least 4 members (excludes halogenated alkanes) is 4. The van der Waals surface area contributed by atoms with Crippen molar-refractivity contribution in [3.63, 3.8) is 0 Å². The summed E-state index contributed by atoms with van der Waals surface area (Å²) < 4.78 is 10.8. The molecule has 4 heteroatoms. The molecule has 0 aliphatic heterocycles. The quantitative estimate of drug-likeness (QED) is 0.310. The summed E-state index contributed by atoms with van der Waals surface area (Å²) in [5.41, 5.74) is 0.0722. The molecule has 1 aromatic rings. The molecule has 4 nitrogen and oxygen atoms in total. The molecule has 0 aliphatic carbocycles. The highest BCUT2D eigenvalue weighted by Gasteiger charge is 2.16. The minimum Gasteiger partial charge on any atom is -0.423 e. The maximum Gasteiger partial charge on any atom is 0.311 e. The molecule has 0 fully saturated rings. The number of ether oxygens (including phenoxy) is 2. The van der Waals surface area contributed by atoms with Crippen LogP contribution < -0.4 is 9.47 Å². The van der Waals surface area contributed by atoms with Crippen LogP contribution in [0.2, 0.25) is 0 Å². The SMILES string of the molecule is CCCCCCCC(=O)Oc1ccccc1OC(=O)CCC(C)(C)C. The van der Waals surface area contributed by atoms with Gasteiger partial charge in [0.05, 0.1) is 0 Å². The van der Waals surface area contributed by atoms with Gasteiger partial charge in [-0.05, 0) is 30.4 Å². The van der Waals surface area contributed by atoms with E-state index in [1.807, 2.05) is 0 Å². The molecule has 0 atom stereocenters. The van der Waals surface area contributed by atoms with Crippen LogP contribution in [0.4, 0.5) is 0 Å². The highest BCUT2D eigenvalue weighted by Crippen LogP contribution is 2.28. The smallest absolute Gasteiger partial charge is 0.311 e. The molecule has 0 spiro atoms. The molecule has 0 aliphatic rings. The van der Waals surface area contributed by atoms with Crippen LogP contribution in [0.3, 0.4) is 0 Å². The first-order valence-electron chi connectivity index (χ1n) is 9.32. The van der Waals surface area contributed by atoms with Crippen molar-refractivity contribution >= 4 is 11.9 Å². The van der Waals surface area contributed by atoms with E-state index in [0.717, 1.165) is 25.7 Å². The van der Waals surface area contributed by atoms with Crippen molar-refractivity contribution in [3.05, 3.63) is 24.3 Å². The van der Waals surface area contributed by atoms with Crippen LogP contribution in [0.25, 0.3) is 0 Å². The highest BCUT2D eigenvalue weighted by molar-refractivity contribution is 5.76. The Balaban J connectivity index is 2.50. The summed E-state index contributed by atoms with van der Waals surface area (Å²) in [6.07, 6.45) is 6.84. The van der Waals surface area contributed by atoms with Crippen LogP contribution in [-0.2, 0) is 9.59 Å². The maximum atomic E-state index is 12.0. The molecular weight excluding hydrogens is 316 g/mol. The van der Waals surface area contributed by atoms with E-state index >= 15 is 0 Å². The number of benzene rings is 1. The van der Waals surface area contributed by atoms with E-state index in [0.29, 0.717) is 24.3 Å². The molecule has 25 heavy (non-hydrogen) atoms. The Hall–Kier alpha value is -1.84. The number of carbonyl (C=O) groups is 2. The molecule has 1 aromatic carbocycles. The van der Waals surface area contributed by atoms with Gasteiger partial charge in [0, 0.05) is 12.8 Å². The van der Waals surface area contributed by atoms with Gasteiger partial charge in [0.15, 0.2) is 11.5 Å². The van der Waals surface area contributed by atoms with E-state index in [1.165, 1.54) is 12.8 Å². The fourth-order valence-electron chi connectivity index (χ4n) is 2.32. The topological polar surface area (TPSA) is 52.6 Å². The number of rotatable bonds is 10. The predicted molar refractivity (Wildman–Crippen MR) is 99.8 cm³/mol. The van der Waals surface area contributed by atoms with Gasteiger partial charge in [0.1, 0.15) is 0 Å². The fourth-order valence-corrected chi connectivity index (χ4v) is 2.32. The molecule has 0 bridgehead atoms. The third kappa shape index (κ3) is 9.90. The number of hydrogen-bond donors (Lipinski definition) is 0. The third-order valence-corrected chi connectivity index (χ3v) is 3.86. The third-order valence-electron chi connectivity index (χ3n) is 3.86. The van der Waals surface area contributed by atoms with Crippen molar-refractivity contribution in [3.8, 4) is 11.5 Å². The molecule has 0 unspecified atom stereocenters. The Morgan fingerprint density at radius 2 is 1.36 bits per heavy atom. The number of hydrogen-bond acceptors (Lipinski definition) is 4. The Kier molecular flexibility index (Phi) is 9.25. The zero-order valence-corrected chi connectivity index (χ0v) is 16.1. The molecule has 140 valence electrons. The average molecular weight is 348 g/mol. The van der Waals surface area contributed by atoms with Gasteiger partial charge in [0.2, 0.25) is 0 Å². The van der Waals surface area contributed by atoms with Gasteiger partial charge in [-0.2, -0.15) is 0 Å². The summed E-state index contributed by atoms with van der Waals surface area (Å²) in [5.74, 6) is 0.0265. The molecule has 0 aromatic heterocycles. The number of carbonyl (C=O) groups excluding carboxylic acids is 2. The Morgan fingerprint density at radius 1 is 0.840 bits per heavy atom. The van der Waals surface area contributed by atoms with Gasteiger partial charge in [-0.15, -0.1) is 0 Å². The summed E-state index contributed by atoms with van der Waals surface area (Å²) in [7, 11) is 0. The second-order valence-electron chi connectivity index (χ2n) is 7.62. The van der Waals surface area contributed by atoms with Crippen molar-refractivity contribution in [2.24, 2.45) is 5.41 Å². The van der Waals surface area contributed by atoms with Crippen LogP contribution >= 0.6 is 0 Å². The second-order valence-corrected chi connectivity index (χ2v) is 7.62. The largest absolute Gasteiger partial charge is 0.423 e. The van der Waals surface area contributed by atoms with E-state index in [9.17, 15) is 9.59 Å². The van der Waals surface area contributed by atoms with Crippen LogP contribution in [-0.4, -0.2) is 11.9 Å². The first kappa shape index (κ1) is 21.2. The summed E-state index contributed by atoms with van der Waals surface area (Å²) in [6.45, 7) is 8.40. The summed E-state index contributed by atoms with van der Waals surface area (Å²) in [4.78, 5) is 24.0. The van der Waals surface area contributed by atoms with Crippen molar-refractivity contribution in [2.45, 2.75) is 79.1 Å². The standard InChI is InChI=1S/C21H32O4/c1-5-6-7-8-9-14-19(22)24-17-12-10-11-13-18(17)25-20(23)15-16-21(2,3)4/h10-13H,5-9,14-16H2,1-4H3. The molecule has 0 saturated carbocycles. The van der Waals surface area contributed by atoms with Crippen LogP contribution in [0.5, 0.6) is 11.5 Å². The fraction of sp³-hybridized carbons (Fsp3) is 0.619. The zero-order chi connectivity index (χ0) is 18.7. The molecule has 0 heterocycles. The van der Waals surface area contributed by atoms with Gasteiger partial charge >= 0.3 is 11.9 Å². The minimum atomic E-state index is -0.307. The van der Waals surface area contributed by atoms with E-state index in [1.54, 1.807) is 24.3 Å². The van der Waals surface area contributed by atoms with Gasteiger partial charge < -0.3 is 9.47 Å². The van der Waals surface area contributed by atoms with E-state index in [2.05, 4.69) is 27.7 Å². The van der Waals surface area contributed by atoms with Crippen molar-refractivity contribution in [1.82, 2.24) is 0 Å². The maximum absolute atomic E-state index is 12.0. The minimum absolute atomic E-state index is 0.0722. The number of para-hydroxylation sites is 2. The van der Waals surface area contributed by atoms with Crippen molar-refractivity contribution < 1.29 is 19.1 Å². The molecule has 0 N–H and O–H groups in total. The number of esters is 2. The lowest BCUT2D eigenvalue weighted by Crippen LogP contribution is -2.14. The summed E-state index contributed by atoms with van der Waals surface area (Å²) >= 11 is 0. The zero-order valence-electron chi connectivity index (χ0n) is 16.1. The lowest BCUT2D eigenvalue weighted by molar-refractivity contribution is -0.137. The van der Waals surface area contributed by atoms with Gasteiger partial charge in [0.25, 0.3) is 0 Å². The van der Waals surface area contributed by atoms with Crippen molar-refractivity contribution in [2.75, 3.05) is 0 Å². The Labute approximate surface area is 151 Å². The van der Waals surface area contributed by atoms with Crippen LogP contribution in [0, 0.1) is 5.41 Å². The molecule has 0 amide bonds. The lowest BCUT2D eigenvalue weighted by atomic mass is 9.91. The molecule has 0 saturated heterocycles. The Bertz CT molecular complexity index is 543. The first-order chi connectivity index (χ1) is 11.8. The first-order valence-corrected chi connectivity index (χ1v) is 9.32. The lowest BCUT2D eigenvalue weighted by Gasteiger charge is -2.17. The molecule has 0 radical (unpaired) electrons. The molecular formula is C21H32O4. The van der Waals surface area contributed by atoms with Gasteiger partial charge in [-0.1, -0.05) is 65.5 Å². The van der Waals surface area contributed by atoms with Crippen LogP contribution in [0.1, 0.15) is 79.1 Å². The summed E-state index contributed by atoms with van der Waals surface area (Å²) in [5, 5.41) is 0. The van der Waals surface area contributed by atoms with Gasteiger partial charge in [-0.3, -0.25) is 9.59 Å². The predicted octanol–water partition coefficient (Wildman–Crippen LogP) is 5.68. The van der Waals surface area contributed by atoms with Crippen molar-refractivity contribution in [1.29, 1.82) is 0 Å². The second kappa shape index (κ2) is 10.9. The monoisotopic (exact) mass is 348 g/mol. The van der Waals surface area contributed by atoms with Crippen LogP contribution in [0.15, 0.2) is 24.3 Å².